The van der Waals surface area contributed by atoms with E-state index in [-0.39, 0.29) is 5.88 Å². The fourth-order valence-corrected chi connectivity index (χ4v) is 0.269. The third kappa shape index (κ3) is 3.40. The summed E-state index contributed by atoms with van der Waals surface area (Å²) in [4.78, 5) is 3.63. The quantitative estimate of drug-likeness (QED) is 0.297. The van der Waals surface area contributed by atoms with Crippen LogP contribution in [0.5, 0.6) is 0 Å². The number of rotatable bonds is 2. The molecule has 4 nitrogen and oxygen atoms in total. The monoisotopic (exact) mass is 129 g/mol. The highest BCUT2D eigenvalue weighted by Crippen LogP contribution is 1.81. The Balaban J connectivity index is 3.95. The SMILES string of the molecule is CN=C(N)/C=C(\N)OC. The third-order valence-corrected chi connectivity index (χ3v) is 0.784. The summed E-state index contributed by atoms with van der Waals surface area (Å²) in [6, 6.07) is 0. The zero-order chi connectivity index (χ0) is 7.28. The summed E-state index contributed by atoms with van der Waals surface area (Å²) in [5.41, 5.74) is 10.5. The average molecular weight is 129 g/mol. The molecular formula is C5H11N3O. The first-order valence-electron chi connectivity index (χ1n) is 2.44. The molecule has 0 saturated carbocycles. The van der Waals surface area contributed by atoms with Crippen molar-refractivity contribution in [3.63, 3.8) is 0 Å². The highest BCUT2D eigenvalue weighted by molar-refractivity contribution is 5.91. The fourth-order valence-electron chi connectivity index (χ4n) is 0.269. The maximum absolute atomic E-state index is 5.26. The van der Waals surface area contributed by atoms with Crippen LogP contribution in [0.2, 0.25) is 0 Å². The number of methoxy groups -OCH3 is 1. The molecule has 4 N–H and O–H groups in total. The number of nitrogens with two attached hydrogens (primary N) is 2. The Kier molecular flexibility index (Phi) is 3.27. The minimum Gasteiger partial charge on any atom is -0.483 e. The molecule has 0 fully saturated rings. The normalized spacial score (nSPS) is 13.6. The molecule has 0 aromatic carbocycles. The molecule has 0 radical (unpaired) electrons. The van der Waals surface area contributed by atoms with Crippen molar-refractivity contribution in [2.75, 3.05) is 14.2 Å². The van der Waals surface area contributed by atoms with Gasteiger partial charge in [0.2, 0.25) is 0 Å². The van der Waals surface area contributed by atoms with Gasteiger partial charge >= 0.3 is 0 Å². The van der Waals surface area contributed by atoms with Gasteiger partial charge < -0.3 is 16.2 Å². The maximum atomic E-state index is 5.26. The van der Waals surface area contributed by atoms with Gasteiger partial charge in [-0.15, -0.1) is 0 Å². The van der Waals surface area contributed by atoms with Crippen LogP contribution in [-0.2, 0) is 4.74 Å². The van der Waals surface area contributed by atoms with Crippen LogP contribution >= 0.6 is 0 Å². The molecule has 0 aliphatic heterocycles. The molecular weight excluding hydrogens is 118 g/mol. The Bertz CT molecular complexity index is 139. The van der Waals surface area contributed by atoms with Crippen LogP contribution in [0.25, 0.3) is 0 Å². The van der Waals surface area contributed by atoms with E-state index in [0.29, 0.717) is 5.84 Å². The molecule has 0 unspecified atom stereocenters. The lowest BCUT2D eigenvalue weighted by molar-refractivity contribution is 0.288. The Morgan fingerprint density at radius 3 is 2.44 bits per heavy atom. The topological polar surface area (TPSA) is 73.6 Å². The summed E-state index contributed by atoms with van der Waals surface area (Å²) in [7, 11) is 3.05. The van der Waals surface area contributed by atoms with Crippen LogP contribution in [0.15, 0.2) is 17.0 Å². The molecule has 0 rings (SSSR count). The predicted octanol–water partition coefficient (Wildman–Crippen LogP) is -0.580. The Labute approximate surface area is 54.2 Å². The van der Waals surface area contributed by atoms with E-state index >= 15 is 0 Å². The molecule has 0 aromatic heterocycles. The first-order valence-corrected chi connectivity index (χ1v) is 2.44. The van der Waals surface area contributed by atoms with Crippen molar-refractivity contribution in [2.45, 2.75) is 0 Å². The third-order valence-electron chi connectivity index (χ3n) is 0.784. The van der Waals surface area contributed by atoms with Crippen molar-refractivity contribution in [2.24, 2.45) is 16.5 Å². The van der Waals surface area contributed by atoms with Crippen molar-refractivity contribution in [3.05, 3.63) is 12.0 Å². The molecule has 9 heavy (non-hydrogen) atoms. The summed E-state index contributed by atoms with van der Waals surface area (Å²) >= 11 is 0. The van der Waals surface area contributed by atoms with Gasteiger partial charge in [0.15, 0.2) is 5.88 Å². The van der Waals surface area contributed by atoms with Crippen LogP contribution in [-0.4, -0.2) is 20.0 Å². The van der Waals surface area contributed by atoms with Crippen LogP contribution in [0, 0.1) is 0 Å². The summed E-state index contributed by atoms with van der Waals surface area (Å²) in [6.07, 6.45) is 1.44. The second-order valence-electron chi connectivity index (χ2n) is 1.40. The van der Waals surface area contributed by atoms with Gasteiger partial charge in [0, 0.05) is 13.1 Å². The van der Waals surface area contributed by atoms with E-state index in [1.165, 1.54) is 13.2 Å². The molecule has 0 aromatic rings. The molecule has 0 aliphatic carbocycles. The molecule has 0 spiro atoms. The van der Waals surface area contributed by atoms with Crippen LogP contribution in [0.4, 0.5) is 0 Å². The van der Waals surface area contributed by atoms with Crippen LogP contribution in [0.1, 0.15) is 0 Å². The molecule has 0 aliphatic rings. The van der Waals surface area contributed by atoms with Crippen molar-refractivity contribution >= 4 is 5.84 Å². The Morgan fingerprint density at radius 1 is 1.56 bits per heavy atom. The van der Waals surface area contributed by atoms with Crippen molar-refractivity contribution in [1.29, 1.82) is 0 Å². The average Bonchev–Trinajstić information content (AvgIpc) is 1.87. The summed E-state index contributed by atoms with van der Waals surface area (Å²) in [6.45, 7) is 0. The summed E-state index contributed by atoms with van der Waals surface area (Å²) in [5.74, 6) is 0.618. The van der Waals surface area contributed by atoms with Crippen molar-refractivity contribution in [3.8, 4) is 0 Å². The van der Waals surface area contributed by atoms with E-state index in [9.17, 15) is 0 Å². The number of hydrogen-bond acceptors (Lipinski definition) is 3. The molecule has 52 valence electrons. The Morgan fingerprint density at radius 2 is 2.11 bits per heavy atom. The van der Waals surface area contributed by atoms with E-state index < -0.39 is 0 Å². The van der Waals surface area contributed by atoms with Gasteiger partial charge in [-0.3, -0.25) is 4.99 Å². The maximum Gasteiger partial charge on any atom is 0.187 e. The standard InChI is InChI=1S/C5H11N3O/c1-8-4(6)3-5(7)9-2/h3H,7H2,1-2H3,(H2,6,8)/b5-3+. The van der Waals surface area contributed by atoms with Gasteiger partial charge in [0.25, 0.3) is 0 Å². The number of nitrogens with zero attached hydrogens (tertiary/aromatic N) is 1. The highest BCUT2D eigenvalue weighted by atomic mass is 16.5. The van der Waals surface area contributed by atoms with Crippen molar-refractivity contribution < 1.29 is 4.74 Å². The smallest absolute Gasteiger partial charge is 0.187 e. The largest absolute Gasteiger partial charge is 0.483 e. The van der Waals surface area contributed by atoms with Gasteiger partial charge in [-0.25, -0.2) is 0 Å². The van der Waals surface area contributed by atoms with Gasteiger partial charge in [-0.1, -0.05) is 0 Å². The van der Waals surface area contributed by atoms with Crippen LogP contribution in [0.3, 0.4) is 0 Å². The summed E-state index contributed by atoms with van der Waals surface area (Å²) < 4.78 is 4.60. The minimum atomic E-state index is 0.262. The molecule has 0 bridgehead atoms. The predicted molar refractivity (Wildman–Crippen MR) is 36.8 cm³/mol. The Hall–Kier alpha value is -1.19. The highest BCUT2D eigenvalue weighted by Gasteiger charge is 1.85. The molecule has 0 amide bonds. The number of ether oxygens (including phenoxy) is 1. The number of hydrogen-bond donors (Lipinski definition) is 2. The van der Waals surface area contributed by atoms with Crippen molar-refractivity contribution in [1.82, 2.24) is 0 Å². The van der Waals surface area contributed by atoms with E-state index in [1.807, 2.05) is 0 Å². The fraction of sp³-hybridized carbons (Fsp3) is 0.400. The van der Waals surface area contributed by atoms with Gasteiger partial charge in [-0.05, 0) is 0 Å². The van der Waals surface area contributed by atoms with E-state index in [4.69, 9.17) is 11.5 Å². The first kappa shape index (κ1) is 7.81. The molecule has 0 heterocycles. The van der Waals surface area contributed by atoms with Crippen LogP contribution < -0.4 is 11.5 Å². The summed E-state index contributed by atoms with van der Waals surface area (Å²) in [5, 5.41) is 0. The van der Waals surface area contributed by atoms with Gasteiger partial charge in [0.05, 0.1) is 7.11 Å². The molecule has 4 heteroatoms. The number of amidine groups is 1. The van der Waals surface area contributed by atoms with E-state index in [0.717, 1.165) is 0 Å². The zero-order valence-corrected chi connectivity index (χ0v) is 5.59. The van der Waals surface area contributed by atoms with E-state index in [2.05, 4.69) is 9.73 Å². The lowest BCUT2D eigenvalue weighted by Crippen LogP contribution is -2.11. The van der Waals surface area contributed by atoms with Gasteiger partial charge in [-0.2, -0.15) is 0 Å². The van der Waals surface area contributed by atoms with E-state index in [1.54, 1.807) is 7.05 Å². The second kappa shape index (κ2) is 3.77. The second-order valence-corrected chi connectivity index (χ2v) is 1.40. The minimum absolute atomic E-state index is 0.262. The zero-order valence-electron chi connectivity index (χ0n) is 5.59. The number of aliphatic imine (C=N–C) groups is 1. The molecule has 0 saturated heterocycles. The lowest BCUT2D eigenvalue weighted by Gasteiger charge is -1.95. The van der Waals surface area contributed by atoms with Gasteiger partial charge in [0.1, 0.15) is 5.84 Å². The first-order chi connectivity index (χ1) is 4.20. The lowest BCUT2D eigenvalue weighted by atomic mass is 10.5. The molecule has 0 atom stereocenters.